The van der Waals surface area contributed by atoms with E-state index in [1.807, 2.05) is 34.6 Å². The Balaban J connectivity index is 2.44. The van der Waals surface area contributed by atoms with E-state index >= 15 is 0 Å². The van der Waals surface area contributed by atoms with Crippen LogP contribution >= 0.6 is 0 Å². The fourth-order valence-electron chi connectivity index (χ4n) is 4.70. The molecule has 2 aliphatic rings. The molecule has 27 heavy (non-hydrogen) atoms. The number of allylic oxidation sites excluding steroid dienone is 1. The van der Waals surface area contributed by atoms with E-state index in [0.717, 1.165) is 17.6 Å². The van der Waals surface area contributed by atoms with Crippen molar-refractivity contribution >= 4 is 17.7 Å². The topological polar surface area (TPSA) is 69.7 Å². The molecule has 5 heteroatoms. The summed E-state index contributed by atoms with van der Waals surface area (Å²) in [6.07, 6.45) is 2.13. The zero-order chi connectivity index (χ0) is 20.5. The Labute approximate surface area is 162 Å². The zero-order valence-electron chi connectivity index (χ0n) is 17.3. The minimum atomic E-state index is -0.846. The van der Waals surface area contributed by atoms with Crippen LogP contribution in [0.4, 0.5) is 0 Å². The van der Waals surface area contributed by atoms with Crippen molar-refractivity contribution in [3.63, 3.8) is 0 Å². The summed E-state index contributed by atoms with van der Waals surface area (Å²) in [7, 11) is 0. The number of ketones is 1. The molecule has 5 atom stereocenters. The van der Waals surface area contributed by atoms with Gasteiger partial charge in [0.05, 0.1) is 0 Å². The molecule has 0 aromatic rings. The van der Waals surface area contributed by atoms with Crippen LogP contribution in [0.25, 0.3) is 0 Å². The zero-order valence-corrected chi connectivity index (χ0v) is 17.3. The Morgan fingerprint density at radius 1 is 1.30 bits per heavy atom. The van der Waals surface area contributed by atoms with Crippen molar-refractivity contribution in [1.29, 1.82) is 0 Å². The van der Waals surface area contributed by atoms with Gasteiger partial charge in [0.2, 0.25) is 0 Å². The van der Waals surface area contributed by atoms with Gasteiger partial charge in [-0.3, -0.25) is 14.4 Å². The lowest BCUT2D eigenvalue weighted by molar-refractivity contribution is -0.167. The number of esters is 2. The van der Waals surface area contributed by atoms with Gasteiger partial charge in [-0.05, 0) is 44.6 Å². The second-order valence-corrected chi connectivity index (χ2v) is 8.65. The largest absolute Gasteiger partial charge is 0.461 e. The van der Waals surface area contributed by atoms with E-state index in [-0.39, 0.29) is 35.6 Å². The van der Waals surface area contributed by atoms with Gasteiger partial charge in [-0.15, -0.1) is 0 Å². The van der Waals surface area contributed by atoms with Crippen LogP contribution in [0.5, 0.6) is 0 Å². The molecule has 0 aromatic carbocycles. The molecule has 150 valence electrons. The summed E-state index contributed by atoms with van der Waals surface area (Å²) in [5, 5.41) is 0. The number of ether oxygens (including phenoxy) is 2. The van der Waals surface area contributed by atoms with Gasteiger partial charge >= 0.3 is 11.9 Å². The first kappa shape index (κ1) is 21.4. The van der Waals surface area contributed by atoms with E-state index in [1.165, 1.54) is 6.92 Å². The van der Waals surface area contributed by atoms with E-state index in [2.05, 4.69) is 6.58 Å². The monoisotopic (exact) mass is 376 g/mol. The third-order valence-electron chi connectivity index (χ3n) is 6.14. The minimum absolute atomic E-state index is 0.193. The number of carbonyl (C=O) groups is 3. The minimum Gasteiger partial charge on any atom is -0.461 e. The maximum absolute atomic E-state index is 12.5. The molecule has 0 aliphatic heterocycles. The molecule has 1 spiro atoms. The molecule has 5 nitrogen and oxygen atoms in total. The predicted octanol–water partition coefficient (Wildman–Crippen LogP) is 4.01. The average Bonchev–Trinajstić information content (AvgIpc) is 2.89. The van der Waals surface area contributed by atoms with Gasteiger partial charge < -0.3 is 9.47 Å². The third kappa shape index (κ3) is 4.17. The van der Waals surface area contributed by atoms with Gasteiger partial charge in [-0.2, -0.15) is 0 Å². The highest BCUT2D eigenvalue weighted by Crippen LogP contribution is 2.57. The SMILES string of the molecule is C=C(C)[C@H]1C[C@H](OC(=O)CC(C)C)[C@]2(C1)C(C)=CC(=O)[C@@H](OC(C)=O)[C@@H]2C. The Hall–Kier alpha value is -1.91. The summed E-state index contributed by atoms with van der Waals surface area (Å²) in [6, 6.07) is 0. The van der Waals surface area contributed by atoms with Gasteiger partial charge in [0, 0.05) is 24.7 Å². The van der Waals surface area contributed by atoms with Crippen LogP contribution < -0.4 is 0 Å². The second kappa shape index (κ2) is 7.99. The predicted molar refractivity (Wildman–Crippen MR) is 103 cm³/mol. The Kier molecular flexibility index (Phi) is 6.33. The smallest absolute Gasteiger partial charge is 0.306 e. The van der Waals surface area contributed by atoms with Crippen LogP contribution in [0.1, 0.15) is 60.8 Å². The number of carbonyl (C=O) groups excluding carboxylic acids is 3. The summed E-state index contributed by atoms with van der Waals surface area (Å²) in [4.78, 5) is 36.5. The molecule has 0 unspecified atom stereocenters. The van der Waals surface area contributed by atoms with Gasteiger partial charge in [-0.25, -0.2) is 0 Å². The standard InChI is InChI=1S/C22H32O5/c1-12(2)8-20(25)27-19-10-17(13(3)4)11-22(19)14(5)9-18(24)21(15(22)6)26-16(7)23/h9,12,15,17,19,21H,3,8,10-11H2,1-2,4-7H3/t15-,17-,19-,21-,22+/m0/s1. The maximum atomic E-state index is 12.5. The second-order valence-electron chi connectivity index (χ2n) is 8.65. The molecule has 0 aromatic heterocycles. The van der Waals surface area contributed by atoms with Crippen LogP contribution in [-0.4, -0.2) is 29.9 Å². The number of hydrogen-bond donors (Lipinski definition) is 0. The molecule has 0 bridgehead atoms. The molecule has 2 aliphatic carbocycles. The first-order valence-electron chi connectivity index (χ1n) is 9.73. The lowest BCUT2D eigenvalue weighted by Gasteiger charge is -2.46. The lowest BCUT2D eigenvalue weighted by atomic mass is 9.62. The van der Waals surface area contributed by atoms with Gasteiger partial charge in [-0.1, -0.05) is 38.5 Å². The molecule has 0 saturated heterocycles. The molecule has 2 rings (SSSR count). The Morgan fingerprint density at radius 2 is 1.93 bits per heavy atom. The number of rotatable bonds is 5. The summed E-state index contributed by atoms with van der Waals surface area (Å²) >= 11 is 0. The Bertz CT molecular complexity index is 674. The van der Waals surface area contributed by atoms with Gasteiger partial charge in [0.15, 0.2) is 11.9 Å². The highest BCUT2D eigenvalue weighted by atomic mass is 16.6. The van der Waals surface area contributed by atoms with E-state index in [0.29, 0.717) is 12.8 Å². The highest BCUT2D eigenvalue weighted by Gasteiger charge is 2.59. The van der Waals surface area contributed by atoms with E-state index < -0.39 is 17.5 Å². The maximum Gasteiger partial charge on any atom is 0.306 e. The molecule has 0 radical (unpaired) electrons. The average molecular weight is 376 g/mol. The van der Waals surface area contributed by atoms with E-state index in [1.54, 1.807) is 6.08 Å². The number of hydrogen-bond acceptors (Lipinski definition) is 5. The van der Waals surface area contributed by atoms with Crippen molar-refractivity contribution in [2.24, 2.45) is 23.2 Å². The van der Waals surface area contributed by atoms with Crippen molar-refractivity contribution < 1.29 is 23.9 Å². The molecule has 1 saturated carbocycles. The van der Waals surface area contributed by atoms with Crippen molar-refractivity contribution in [2.45, 2.75) is 73.0 Å². The summed E-state index contributed by atoms with van der Waals surface area (Å²) in [6.45, 7) is 15.2. The van der Waals surface area contributed by atoms with Crippen molar-refractivity contribution in [3.8, 4) is 0 Å². The van der Waals surface area contributed by atoms with Crippen molar-refractivity contribution in [2.75, 3.05) is 0 Å². The molecule has 0 heterocycles. The van der Waals surface area contributed by atoms with E-state index in [4.69, 9.17) is 9.47 Å². The molecule has 1 fully saturated rings. The van der Waals surface area contributed by atoms with Gasteiger partial charge in [0.1, 0.15) is 6.10 Å². The van der Waals surface area contributed by atoms with Crippen molar-refractivity contribution in [1.82, 2.24) is 0 Å². The fourth-order valence-corrected chi connectivity index (χ4v) is 4.70. The normalized spacial score (nSPS) is 33.1. The van der Waals surface area contributed by atoms with Crippen LogP contribution in [0, 0.1) is 23.2 Å². The van der Waals surface area contributed by atoms with Crippen LogP contribution in [0.2, 0.25) is 0 Å². The molecule has 0 amide bonds. The molecule has 0 N–H and O–H groups in total. The van der Waals surface area contributed by atoms with Crippen LogP contribution in [0.15, 0.2) is 23.8 Å². The summed E-state index contributed by atoms with van der Waals surface area (Å²) in [5.41, 5.74) is 1.41. The fraction of sp³-hybridized carbons (Fsp3) is 0.682. The molecular weight excluding hydrogens is 344 g/mol. The Morgan fingerprint density at radius 3 is 2.44 bits per heavy atom. The molecular formula is C22H32O5. The van der Waals surface area contributed by atoms with Crippen LogP contribution in [-0.2, 0) is 23.9 Å². The third-order valence-corrected chi connectivity index (χ3v) is 6.14. The lowest BCUT2D eigenvalue weighted by Crippen LogP contribution is -2.51. The van der Waals surface area contributed by atoms with Gasteiger partial charge in [0.25, 0.3) is 0 Å². The van der Waals surface area contributed by atoms with Crippen LogP contribution in [0.3, 0.4) is 0 Å². The quantitative estimate of drug-likeness (QED) is 0.535. The first-order chi connectivity index (χ1) is 12.5. The highest BCUT2D eigenvalue weighted by molar-refractivity contribution is 5.97. The first-order valence-corrected chi connectivity index (χ1v) is 9.73. The summed E-state index contributed by atoms with van der Waals surface area (Å²) in [5.74, 6) is -0.780. The van der Waals surface area contributed by atoms with E-state index in [9.17, 15) is 14.4 Å². The summed E-state index contributed by atoms with van der Waals surface area (Å²) < 4.78 is 11.3. The van der Waals surface area contributed by atoms with Crippen molar-refractivity contribution in [3.05, 3.63) is 23.8 Å².